The zero-order chi connectivity index (χ0) is 10.6. The Bertz CT molecular complexity index is 303. The van der Waals surface area contributed by atoms with Crippen molar-refractivity contribution in [3.63, 3.8) is 0 Å². The van der Waals surface area contributed by atoms with Gasteiger partial charge in [0.05, 0.1) is 0 Å². The predicted molar refractivity (Wildman–Crippen MR) is 47.1 cm³/mol. The minimum Gasteiger partial charge on any atom is -0.389 e. The van der Waals surface area contributed by atoms with Crippen molar-refractivity contribution in [2.24, 2.45) is 0 Å². The first kappa shape index (κ1) is 10.6. The second-order valence-electron chi connectivity index (χ2n) is 2.77. The molecule has 1 aromatic heterocycles. The molecule has 1 aromatic rings. The van der Waals surface area contributed by atoms with Gasteiger partial charge in [0, 0.05) is 22.9 Å². The van der Waals surface area contributed by atoms with Crippen LogP contribution >= 0.6 is 0 Å². The second kappa shape index (κ2) is 4.64. The maximum absolute atomic E-state index is 10.4. The maximum Gasteiger partial charge on any atom is 0.265 e. The number of nitrogens with zero attached hydrogens (tertiary/aromatic N) is 2. The van der Waals surface area contributed by atoms with Crippen molar-refractivity contribution in [2.45, 2.75) is 12.1 Å². The molecule has 0 amide bonds. The van der Waals surface area contributed by atoms with E-state index in [-0.39, 0.29) is 0 Å². The third kappa shape index (κ3) is 2.24. The SMILES string of the molecule is O=[N+]([O-])C(CO)C(O)c1cccnc1. The fraction of sp³-hybridized carbons (Fsp3) is 0.375. The van der Waals surface area contributed by atoms with Gasteiger partial charge in [-0.15, -0.1) is 0 Å². The van der Waals surface area contributed by atoms with E-state index in [9.17, 15) is 15.2 Å². The molecule has 2 atom stereocenters. The smallest absolute Gasteiger partial charge is 0.265 e. The summed E-state index contributed by atoms with van der Waals surface area (Å²) in [4.78, 5) is 13.4. The van der Waals surface area contributed by atoms with Gasteiger partial charge >= 0.3 is 0 Å². The molecule has 2 unspecified atom stereocenters. The quantitative estimate of drug-likeness (QED) is 0.513. The molecule has 0 spiro atoms. The standard InChI is InChI=1S/C8H10N2O4/c11-5-7(10(13)14)8(12)6-2-1-3-9-4-6/h1-4,7-8,11-12H,5H2. The largest absolute Gasteiger partial charge is 0.389 e. The molecule has 76 valence electrons. The van der Waals surface area contributed by atoms with Crippen LogP contribution in [0, 0.1) is 10.1 Å². The summed E-state index contributed by atoms with van der Waals surface area (Å²) in [6.45, 7) is -0.705. The second-order valence-corrected chi connectivity index (χ2v) is 2.77. The Morgan fingerprint density at radius 1 is 1.64 bits per heavy atom. The molecule has 0 aliphatic rings. The summed E-state index contributed by atoms with van der Waals surface area (Å²) in [5.74, 6) is 0. The minimum atomic E-state index is -1.40. The van der Waals surface area contributed by atoms with Crippen LogP contribution in [0.2, 0.25) is 0 Å². The molecule has 0 aliphatic heterocycles. The van der Waals surface area contributed by atoms with Crippen LogP contribution in [0.5, 0.6) is 0 Å². The van der Waals surface area contributed by atoms with Crippen LogP contribution in [0.15, 0.2) is 24.5 Å². The van der Waals surface area contributed by atoms with Crippen molar-refractivity contribution in [3.05, 3.63) is 40.2 Å². The van der Waals surface area contributed by atoms with Gasteiger partial charge in [-0.2, -0.15) is 0 Å². The van der Waals surface area contributed by atoms with Gasteiger partial charge in [0.25, 0.3) is 6.04 Å². The monoisotopic (exact) mass is 198 g/mol. The summed E-state index contributed by atoms with van der Waals surface area (Å²) >= 11 is 0. The summed E-state index contributed by atoms with van der Waals surface area (Å²) in [6, 6.07) is 1.68. The average Bonchev–Trinajstić information content (AvgIpc) is 2.19. The summed E-state index contributed by atoms with van der Waals surface area (Å²) < 4.78 is 0. The summed E-state index contributed by atoms with van der Waals surface area (Å²) in [5.41, 5.74) is 0.322. The highest BCUT2D eigenvalue weighted by molar-refractivity contribution is 5.12. The molecule has 14 heavy (non-hydrogen) atoms. The van der Waals surface area contributed by atoms with Crippen molar-refractivity contribution in [1.82, 2.24) is 4.98 Å². The van der Waals surface area contributed by atoms with Gasteiger partial charge in [0.15, 0.2) is 0 Å². The number of aliphatic hydroxyl groups is 2. The lowest BCUT2D eigenvalue weighted by molar-refractivity contribution is -0.539. The molecule has 6 nitrogen and oxygen atoms in total. The van der Waals surface area contributed by atoms with Crippen LogP contribution in [0.1, 0.15) is 11.7 Å². The fourth-order valence-corrected chi connectivity index (χ4v) is 1.05. The molecule has 0 aliphatic carbocycles. The van der Waals surface area contributed by atoms with Crippen LogP contribution in [-0.2, 0) is 0 Å². The number of pyridine rings is 1. The highest BCUT2D eigenvalue weighted by Gasteiger charge is 2.30. The third-order valence-electron chi connectivity index (χ3n) is 1.85. The van der Waals surface area contributed by atoms with Crippen LogP contribution in [0.25, 0.3) is 0 Å². The first-order chi connectivity index (χ1) is 6.66. The van der Waals surface area contributed by atoms with Gasteiger partial charge in [0.2, 0.25) is 0 Å². The number of aliphatic hydroxyl groups excluding tert-OH is 2. The van der Waals surface area contributed by atoms with E-state index in [4.69, 9.17) is 5.11 Å². The van der Waals surface area contributed by atoms with E-state index in [0.29, 0.717) is 5.56 Å². The van der Waals surface area contributed by atoms with Crippen molar-refractivity contribution in [1.29, 1.82) is 0 Å². The van der Waals surface area contributed by atoms with Crippen molar-refractivity contribution < 1.29 is 15.1 Å². The molecule has 1 heterocycles. The highest BCUT2D eigenvalue weighted by atomic mass is 16.6. The molecule has 0 aromatic carbocycles. The minimum absolute atomic E-state index is 0.322. The lowest BCUT2D eigenvalue weighted by Crippen LogP contribution is -2.31. The van der Waals surface area contributed by atoms with E-state index < -0.39 is 23.7 Å². The normalized spacial score (nSPS) is 14.7. The first-order valence-corrected chi connectivity index (χ1v) is 3.99. The number of rotatable bonds is 4. The van der Waals surface area contributed by atoms with E-state index in [0.717, 1.165) is 0 Å². The Morgan fingerprint density at radius 2 is 2.36 bits per heavy atom. The molecule has 0 bridgehead atoms. The number of aromatic nitrogens is 1. The number of hydrogen-bond acceptors (Lipinski definition) is 5. The topological polar surface area (TPSA) is 96.5 Å². The molecule has 0 fully saturated rings. The molecular formula is C8H10N2O4. The van der Waals surface area contributed by atoms with Crippen LogP contribution < -0.4 is 0 Å². The summed E-state index contributed by atoms with van der Waals surface area (Å²) in [5, 5.41) is 28.6. The van der Waals surface area contributed by atoms with Gasteiger partial charge < -0.3 is 10.2 Å². The van der Waals surface area contributed by atoms with E-state index in [2.05, 4.69) is 4.98 Å². The zero-order valence-corrected chi connectivity index (χ0v) is 7.28. The van der Waals surface area contributed by atoms with Crippen molar-refractivity contribution in [2.75, 3.05) is 6.61 Å². The van der Waals surface area contributed by atoms with Gasteiger partial charge in [-0.3, -0.25) is 15.1 Å². The first-order valence-electron chi connectivity index (χ1n) is 3.99. The van der Waals surface area contributed by atoms with E-state index in [1.54, 1.807) is 6.07 Å². The maximum atomic E-state index is 10.4. The summed E-state index contributed by atoms with van der Waals surface area (Å²) in [7, 11) is 0. The van der Waals surface area contributed by atoms with Gasteiger partial charge in [-0.1, -0.05) is 6.07 Å². The molecule has 0 radical (unpaired) electrons. The highest BCUT2D eigenvalue weighted by Crippen LogP contribution is 2.16. The molecular weight excluding hydrogens is 188 g/mol. The molecule has 2 N–H and O–H groups in total. The predicted octanol–water partition coefficient (Wildman–Crippen LogP) is -0.247. The Kier molecular flexibility index (Phi) is 3.49. The van der Waals surface area contributed by atoms with Crippen LogP contribution in [0.4, 0.5) is 0 Å². The van der Waals surface area contributed by atoms with E-state index >= 15 is 0 Å². The lowest BCUT2D eigenvalue weighted by atomic mass is 10.1. The zero-order valence-electron chi connectivity index (χ0n) is 7.28. The number of nitro groups is 1. The Balaban J connectivity index is 2.83. The Morgan fingerprint density at radius 3 is 2.79 bits per heavy atom. The molecule has 0 saturated carbocycles. The fourth-order valence-electron chi connectivity index (χ4n) is 1.05. The lowest BCUT2D eigenvalue weighted by Gasteiger charge is -2.13. The van der Waals surface area contributed by atoms with E-state index in [1.807, 2.05) is 0 Å². The van der Waals surface area contributed by atoms with E-state index in [1.165, 1.54) is 18.5 Å². The van der Waals surface area contributed by atoms with Gasteiger partial charge in [0.1, 0.15) is 12.7 Å². The van der Waals surface area contributed by atoms with Crippen LogP contribution in [0.3, 0.4) is 0 Å². The Labute approximate surface area is 80.0 Å². The van der Waals surface area contributed by atoms with Crippen LogP contribution in [-0.4, -0.2) is 32.8 Å². The average molecular weight is 198 g/mol. The molecule has 0 saturated heterocycles. The summed E-state index contributed by atoms with van der Waals surface area (Å²) in [6.07, 6.45) is 1.50. The van der Waals surface area contributed by atoms with Crippen molar-refractivity contribution in [3.8, 4) is 0 Å². The molecule has 6 heteroatoms. The number of hydrogen-bond donors (Lipinski definition) is 2. The van der Waals surface area contributed by atoms with Crippen molar-refractivity contribution >= 4 is 0 Å². The van der Waals surface area contributed by atoms with Gasteiger partial charge in [-0.25, -0.2) is 0 Å². The third-order valence-corrected chi connectivity index (χ3v) is 1.85. The molecule has 1 rings (SSSR count). The van der Waals surface area contributed by atoms with Gasteiger partial charge in [-0.05, 0) is 6.07 Å². The Hall–Kier alpha value is -1.53.